The molecule has 0 aromatic heterocycles. The Morgan fingerprint density at radius 3 is 2.03 bits per heavy atom. The predicted molar refractivity (Wildman–Crippen MR) is 132 cm³/mol. The van der Waals surface area contributed by atoms with Gasteiger partial charge in [0.05, 0.1) is 4.90 Å². The third-order valence-electron chi connectivity index (χ3n) is 7.30. The highest BCUT2D eigenvalue weighted by Crippen LogP contribution is 2.30. The number of rotatable bonds is 5. The van der Waals surface area contributed by atoms with E-state index in [4.69, 9.17) is 0 Å². The van der Waals surface area contributed by atoms with Crippen molar-refractivity contribution in [2.75, 3.05) is 26.2 Å². The fraction of sp³-hybridized carbons (Fsp3) is 0.519. The molecule has 0 bridgehead atoms. The van der Waals surface area contributed by atoms with Crippen LogP contribution in [-0.4, -0.2) is 49.7 Å². The summed E-state index contributed by atoms with van der Waals surface area (Å²) >= 11 is 0. The molecule has 2 saturated heterocycles. The first-order valence-electron chi connectivity index (χ1n) is 12.2. The Morgan fingerprint density at radius 1 is 0.879 bits per heavy atom. The van der Waals surface area contributed by atoms with Gasteiger partial charge in [-0.15, -0.1) is 0 Å². The predicted octanol–water partition coefficient (Wildman–Crippen LogP) is 4.49. The zero-order chi connectivity index (χ0) is 23.6. The number of hydrogen-bond acceptors (Lipinski definition) is 3. The van der Waals surface area contributed by atoms with Crippen LogP contribution in [0, 0.1) is 32.6 Å². The molecule has 33 heavy (non-hydrogen) atoms. The second kappa shape index (κ2) is 9.98. The number of amides is 1. The minimum atomic E-state index is -3.54. The van der Waals surface area contributed by atoms with Crippen LogP contribution in [0.5, 0.6) is 0 Å². The van der Waals surface area contributed by atoms with Crippen LogP contribution in [0.2, 0.25) is 0 Å². The van der Waals surface area contributed by atoms with Gasteiger partial charge >= 0.3 is 0 Å². The molecule has 6 heteroatoms. The number of carbonyl (C=O) groups excluding carboxylic acids is 1. The molecule has 0 N–H and O–H groups in total. The lowest BCUT2D eigenvalue weighted by molar-refractivity contribution is -0.138. The molecular formula is C27H36N2O3S. The van der Waals surface area contributed by atoms with E-state index in [0.717, 1.165) is 49.0 Å². The van der Waals surface area contributed by atoms with E-state index in [2.05, 4.69) is 24.3 Å². The summed E-state index contributed by atoms with van der Waals surface area (Å²) in [6.07, 6.45) is 4.37. The minimum absolute atomic E-state index is 0.0673. The second-order valence-electron chi connectivity index (χ2n) is 9.86. The zero-order valence-electron chi connectivity index (χ0n) is 20.1. The molecule has 0 saturated carbocycles. The van der Waals surface area contributed by atoms with Gasteiger partial charge in [-0.25, -0.2) is 8.42 Å². The Balaban J connectivity index is 1.31. The second-order valence-corrected chi connectivity index (χ2v) is 11.7. The number of carbonyl (C=O) groups is 1. The van der Waals surface area contributed by atoms with Gasteiger partial charge in [-0.1, -0.05) is 48.0 Å². The summed E-state index contributed by atoms with van der Waals surface area (Å²) in [5, 5.41) is 0. The first-order chi connectivity index (χ1) is 15.8. The van der Waals surface area contributed by atoms with Crippen molar-refractivity contribution in [1.29, 1.82) is 0 Å². The fourth-order valence-corrected chi connectivity index (χ4v) is 7.49. The molecule has 2 heterocycles. The maximum Gasteiger partial charge on any atom is 0.243 e. The van der Waals surface area contributed by atoms with Crippen LogP contribution in [0.4, 0.5) is 0 Å². The van der Waals surface area contributed by atoms with Crippen LogP contribution < -0.4 is 0 Å². The number of piperidine rings is 2. The van der Waals surface area contributed by atoms with Crippen LogP contribution in [0.1, 0.15) is 47.9 Å². The maximum atomic E-state index is 13.3. The molecule has 2 aliphatic rings. The van der Waals surface area contributed by atoms with E-state index in [1.165, 1.54) is 5.56 Å². The molecule has 0 radical (unpaired) electrons. The van der Waals surface area contributed by atoms with E-state index < -0.39 is 10.0 Å². The maximum absolute atomic E-state index is 13.3. The Bertz CT molecular complexity index is 1060. The SMILES string of the molecule is Cc1cc(C)c(S(=O)(=O)N2CCC(C(=O)N3CCC(Cc4ccccc4)CC3)CC2)c(C)c1. The zero-order valence-corrected chi connectivity index (χ0v) is 20.9. The van der Waals surface area contributed by atoms with Gasteiger partial charge in [0.2, 0.25) is 15.9 Å². The largest absolute Gasteiger partial charge is 0.342 e. The molecule has 1 amide bonds. The van der Waals surface area contributed by atoms with Gasteiger partial charge in [0, 0.05) is 32.1 Å². The van der Waals surface area contributed by atoms with Gasteiger partial charge in [-0.2, -0.15) is 4.31 Å². The number of likely N-dealkylation sites (tertiary alicyclic amines) is 1. The van der Waals surface area contributed by atoms with E-state index in [-0.39, 0.29) is 11.8 Å². The molecule has 2 fully saturated rings. The molecule has 4 rings (SSSR count). The molecule has 2 aliphatic heterocycles. The van der Waals surface area contributed by atoms with Gasteiger partial charge in [0.1, 0.15) is 0 Å². The van der Waals surface area contributed by atoms with Crippen LogP contribution in [-0.2, 0) is 21.2 Å². The molecule has 0 spiro atoms. The van der Waals surface area contributed by atoms with Crippen molar-refractivity contribution < 1.29 is 13.2 Å². The van der Waals surface area contributed by atoms with Crippen LogP contribution >= 0.6 is 0 Å². The topological polar surface area (TPSA) is 57.7 Å². The Kier molecular flexibility index (Phi) is 7.25. The molecular weight excluding hydrogens is 432 g/mol. The van der Waals surface area contributed by atoms with Crippen molar-refractivity contribution >= 4 is 15.9 Å². The van der Waals surface area contributed by atoms with Crippen molar-refractivity contribution in [2.24, 2.45) is 11.8 Å². The van der Waals surface area contributed by atoms with Gasteiger partial charge in [0.25, 0.3) is 0 Å². The minimum Gasteiger partial charge on any atom is -0.342 e. The quantitative estimate of drug-likeness (QED) is 0.650. The smallest absolute Gasteiger partial charge is 0.243 e. The summed E-state index contributed by atoms with van der Waals surface area (Å²) in [7, 11) is -3.54. The normalized spacial score (nSPS) is 19.1. The molecule has 178 valence electrons. The standard InChI is InChI=1S/C27H36N2O3S/c1-20-17-21(2)26(22(3)18-20)33(31,32)29-15-11-25(12-16-29)27(30)28-13-9-24(10-14-28)19-23-7-5-4-6-8-23/h4-8,17-18,24-25H,9-16,19H2,1-3H3. The summed E-state index contributed by atoms with van der Waals surface area (Å²) < 4.78 is 28.2. The van der Waals surface area contributed by atoms with Gasteiger partial charge in [-0.05, 0) is 75.5 Å². The summed E-state index contributed by atoms with van der Waals surface area (Å²) in [5.41, 5.74) is 4.03. The summed E-state index contributed by atoms with van der Waals surface area (Å²) in [6.45, 7) is 8.17. The van der Waals surface area contributed by atoms with E-state index in [1.807, 2.05) is 43.9 Å². The summed E-state index contributed by atoms with van der Waals surface area (Å²) in [5.74, 6) is 0.777. The monoisotopic (exact) mass is 468 g/mol. The molecule has 0 aliphatic carbocycles. The van der Waals surface area contributed by atoms with E-state index in [1.54, 1.807) is 4.31 Å². The molecule has 2 aromatic rings. The Morgan fingerprint density at radius 2 is 1.45 bits per heavy atom. The third kappa shape index (κ3) is 5.33. The summed E-state index contributed by atoms with van der Waals surface area (Å²) in [4.78, 5) is 15.6. The Labute approximate surface area is 198 Å². The number of hydrogen-bond donors (Lipinski definition) is 0. The highest BCUT2D eigenvalue weighted by Gasteiger charge is 2.35. The van der Waals surface area contributed by atoms with Crippen molar-refractivity contribution in [3.63, 3.8) is 0 Å². The van der Waals surface area contributed by atoms with Crippen LogP contribution in [0.3, 0.4) is 0 Å². The van der Waals surface area contributed by atoms with Crippen molar-refractivity contribution in [1.82, 2.24) is 9.21 Å². The van der Waals surface area contributed by atoms with Gasteiger partial charge < -0.3 is 4.90 Å². The Hall–Kier alpha value is -2.18. The van der Waals surface area contributed by atoms with Crippen molar-refractivity contribution in [2.45, 2.75) is 57.8 Å². The van der Waals surface area contributed by atoms with Crippen LogP contribution in [0.25, 0.3) is 0 Å². The average molecular weight is 469 g/mol. The fourth-order valence-electron chi connectivity index (χ4n) is 5.61. The van der Waals surface area contributed by atoms with Gasteiger partial charge in [-0.3, -0.25) is 4.79 Å². The average Bonchev–Trinajstić information content (AvgIpc) is 2.79. The highest BCUT2D eigenvalue weighted by atomic mass is 32.2. The number of aryl methyl sites for hydroxylation is 3. The number of nitrogens with zero attached hydrogens (tertiary/aromatic N) is 2. The number of sulfonamides is 1. The van der Waals surface area contributed by atoms with E-state index in [9.17, 15) is 13.2 Å². The molecule has 2 aromatic carbocycles. The summed E-state index contributed by atoms with van der Waals surface area (Å²) in [6, 6.07) is 14.4. The molecule has 5 nitrogen and oxygen atoms in total. The first kappa shape index (κ1) is 24.0. The van der Waals surface area contributed by atoms with Crippen molar-refractivity contribution in [3.05, 3.63) is 64.7 Å². The first-order valence-corrected chi connectivity index (χ1v) is 13.6. The lowest BCUT2D eigenvalue weighted by Gasteiger charge is -2.37. The van der Waals surface area contributed by atoms with Gasteiger partial charge in [0.15, 0.2) is 0 Å². The van der Waals surface area contributed by atoms with E-state index in [0.29, 0.717) is 36.7 Å². The molecule has 0 atom stereocenters. The lowest BCUT2D eigenvalue weighted by atomic mass is 9.89. The highest BCUT2D eigenvalue weighted by molar-refractivity contribution is 7.89. The van der Waals surface area contributed by atoms with E-state index >= 15 is 0 Å². The third-order valence-corrected chi connectivity index (χ3v) is 9.50. The van der Waals surface area contributed by atoms with Crippen LogP contribution in [0.15, 0.2) is 47.4 Å². The lowest BCUT2D eigenvalue weighted by Crippen LogP contribution is -2.46. The number of benzene rings is 2. The molecule has 0 unspecified atom stereocenters. The van der Waals surface area contributed by atoms with Crippen molar-refractivity contribution in [3.8, 4) is 0 Å².